The van der Waals surface area contributed by atoms with Gasteiger partial charge in [0.25, 0.3) is 0 Å². The molecule has 6 aliphatic heterocycles. The molecule has 428 valence electrons. The molecule has 0 radical (unpaired) electrons. The van der Waals surface area contributed by atoms with Gasteiger partial charge in [0.1, 0.15) is 23.7 Å². The Bertz CT molecular complexity index is 2900. The second-order valence-corrected chi connectivity index (χ2v) is 21.3. The first-order valence-corrected chi connectivity index (χ1v) is 28.7. The second-order valence-electron chi connectivity index (χ2n) is 18.2. The lowest BCUT2D eigenvalue weighted by molar-refractivity contribution is -0.139. The average molecular weight is 1240 g/mol. The highest BCUT2D eigenvalue weighted by atomic mass is 79.9. The van der Waals surface area contributed by atoms with E-state index in [1.165, 1.54) is 53.4 Å². The van der Waals surface area contributed by atoms with E-state index in [2.05, 4.69) is 46.4 Å². The Kier molecular flexibility index (Phi) is 23.1. The van der Waals surface area contributed by atoms with Crippen LogP contribution < -0.4 is 10.6 Å². The van der Waals surface area contributed by atoms with E-state index in [0.29, 0.717) is 101 Å². The number of esters is 2. The van der Waals surface area contributed by atoms with E-state index in [-0.39, 0.29) is 80.6 Å². The number of hydrogen-bond donors (Lipinski definition) is 4. The third-order valence-corrected chi connectivity index (χ3v) is 16.3. The number of carbonyl (C=O) groups excluding carboxylic acids is 4. The first kappa shape index (κ1) is 62.6. The lowest BCUT2D eigenvalue weighted by atomic mass is 9.95. The summed E-state index contributed by atoms with van der Waals surface area (Å²) in [5.41, 5.74) is 2.44. The molecule has 4 aromatic rings. The Hall–Kier alpha value is -5.60. The van der Waals surface area contributed by atoms with Crippen molar-refractivity contribution in [2.24, 2.45) is 9.98 Å². The molecule has 8 heterocycles. The number of hydrogen-bond acceptors (Lipinski definition) is 17. The number of halogens is 5. The van der Waals surface area contributed by atoms with Crippen LogP contribution in [0.15, 0.2) is 92.1 Å². The lowest BCUT2D eigenvalue weighted by Gasteiger charge is -2.38. The van der Waals surface area contributed by atoms with Crippen molar-refractivity contribution in [3.63, 3.8) is 0 Å². The molecule has 10 rings (SSSR count). The number of urea groups is 2. The number of nitrogens with zero attached hydrogens (tertiary/aromatic N) is 9. The number of carbonyl (C=O) groups is 4. The summed E-state index contributed by atoms with van der Waals surface area (Å²) in [6, 6.07) is 7.64. The molecule has 0 spiro atoms. The molecule has 2 unspecified atom stereocenters. The van der Waals surface area contributed by atoms with Gasteiger partial charge in [-0.3, -0.25) is 14.9 Å². The number of piperidine rings is 1. The highest BCUT2D eigenvalue weighted by Crippen LogP contribution is 2.40. The number of aliphatic imine (C=N–C) groups is 2. The fourth-order valence-corrected chi connectivity index (χ4v) is 12.0. The lowest BCUT2D eigenvalue weighted by Crippen LogP contribution is -2.53. The molecule has 4 amide bonds. The molecular formula is C53H65BrCl2F2N11O8S2-. The molecule has 0 bridgehead atoms. The molecule has 4 saturated heterocycles. The topological polar surface area (TPSA) is 218 Å². The van der Waals surface area contributed by atoms with Gasteiger partial charge in [-0.2, -0.15) is 0 Å². The van der Waals surface area contributed by atoms with Gasteiger partial charge in [0.2, 0.25) is 0 Å². The van der Waals surface area contributed by atoms with Gasteiger partial charge in [0.05, 0.1) is 59.7 Å². The predicted octanol–water partition coefficient (Wildman–Crippen LogP) is 7.85. The van der Waals surface area contributed by atoms with E-state index in [1.807, 2.05) is 20.6 Å². The van der Waals surface area contributed by atoms with Crippen LogP contribution in [0.4, 0.5) is 18.4 Å². The molecule has 0 saturated carbocycles. The minimum absolute atomic E-state index is 0. The van der Waals surface area contributed by atoms with Crippen LogP contribution in [0.5, 0.6) is 0 Å². The number of fused-ring (bicyclic) bond motifs is 2. The smallest absolute Gasteiger partial charge is 0.338 e. The van der Waals surface area contributed by atoms with Crippen LogP contribution in [0, 0.1) is 19.1 Å². The van der Waals surface area contributed by atoms with E-state index < -0.39 is 35.7 Å². The summed E-state index contributed by atoms with van der Waals surface area (Å²) >= 11 is 18.7. The van der Waals surface area contributed by atoms with Gasteiger partial charge in [-0.25, -0.2) is 37.9 Å². The normalized spacial score (nSPS) is 20.7. The van der Waals surface area contributed by atoms with Gasteiger partial charge in [0, 0.05) is 110 Å². The van der Waals surface area contributed by atoms with Crippen LogP contribution in [-0.4, -0.2) is 183 Å². The number of aliphatic hydroxyl groups is 2. The fourth-order valence-electron chi connectivity index (χ4n) is 9.91. The second kappa shape index (κ2) is 29.2. The number of aliphatic hydroxyl groups excluding tert-OH is 2. The highest BCUT2D eigenvalue weighted by molar-refractivity contribution is 9.09. The van der Waals surface area contributed by atoms with Crippen LogP contribution in [0.3, 0.4) is 0 Å². The molecule has 0 aliphatic carbocycles. The molecule has 6 aliphatic rings. The number of piperazine rings is 1. The van der Waals surface area contributed by atoms with Gasteiger partial charge in [-0.1, -0.05) is 70.8 Å². The maximum Gasteiger partial charge on any atom is 0.338 e. The number of alkyl halides is 1. The van der Waals surface area contributed by atoms with Crippen molar-refractivity contribution in [3.05, 3.63) is 132 Å². The van der Waals surface area contributed by atoms with Crippen molar-refractivity contribution in [2.75, 3.05) is 90.7 Å². The van der Waals surface area contributed by atoms with Gasteiger partial charge >= 0.3 is 24.0 Å². The summed E-state index contributed by atoms with van der Waals surface area (Å²) < 4.78 is 39.1. The Morgan fingerprint density at radius 2 is 1.23 bits per heavy atom. The minimum Gasteiger partial charge on any atom is -0.463 e. The van der Waals surface area contributed by atoms with Crippen molar-refractivity contribution in [1.29, 1.82) is 0 Å². The zero-order valence-electron chi connectivity index (χ0n) is 43.2. The van der Waals surface area contributed by atoms with E-state index >= 15 is 0 Å². The molecule has 4 atom stereocenters. The maximum atomic E-state index is 14.5. The number of amides is 4. The Labute approximate surface area is 485 Å². The van der Waals surface area contributed by atoms with Crippen molar-refractivity contribution >= 4 is 97.5 Å². The molecule has 2 aromatic heterocycles. The number of thiazole rings is 2. The number of rotatable bonds is 15. The summed E-state index contributed by atoms with van der Waals surface area (Å²) in [6.07, 6.45) is 6.82. The van der Waals surface area contributed by atoms with Crippen molar-refractivity contribution < 1.29 is 47.6 Å². The predicted molar refractivity (Wildman–Crippen MR) is 306 cm³/mol. The molecule has 4 fully saturated rings. The molecule has 79 heavy (non-hydrogen) atoms. The summed E-state index contributed by atoms with van der Waals surface area (Å²) in [4.78, 5) is 77.6. The van der Waals surface area contributed by atoms with Crippen molar-refractivity contribution in [3.8, 4) is 0 Å². The number of allylic oxidation sites excluding steroid dienone is 1. The maximum absolute atomic E-state index is 14.5. The Morgan fingerprint density at radius 3 is 1.70 bits per heavy atom. The number of β-amino-alcohol motifs (C(OH)–C–C–N with tert-alkyl or cyclic N) is 2. The first-order valence-electron chi connectivity index (χ1n) is 25.1. The summed E-state index contributed by atoms with van der Waals surface area (Å²) in [5, 5.41) is 29.6. The molecular weight excluding hydrogens is 1170 g/mol. The van der Waals surface area contributed by atoms with E-state index in [0.717, 1.165) is 25.9 Å². The van der Waals surface area contributed by atoms with Crippen LogP contribution in [-0.2, 0) is 19.1 Å². The molecule has 19 nitrogen and oxygen atoms in total. The molecule has 26 heteroatoms. The standard InChI is InChI=1S/C25H28ClFN6O4S.C17H14BrClFN3O2S.C9H16N2O2.CH4.CH3/c1-2-37-24(35)19-18(14-31-7-8-33-15(12-31)13-32(9-10-34)25(33)36)29-22(23-28-6-11-38-23)30-21(19)16-4-3-5-17(27)20(16)26;1-2-25-17(24)12-11(8-18)22-15(16-21-6-7-26-16)23-14(12)9-4-3-5-10(20)13(9)19;12-6-5-10-7-8-3-1-2-4-11(8)9(10)13;;/h3-6,11,15,21,34H,2,7-10,12-14H2,1H3,(H,29,30);3-7,14H,2,8H2,1H3,(H,22,23);8,12H,1-7H2;1H4;1H3/q;;;;-1/t15?,21-;14-;;;/m00.../s1. The molecule has 2 aromatic carbocycles. The van der Waals surface area contributed by atoms with E-state index in [4.69, 9.17) is 42.8 Å². The molecule has 4 N–H and O–H groups in total. The van der Waals surface area contributed by atoms with Gasteiger partial charge < -0.3 is 57.3 Å². The summed E-state index contributed by atoms with van der Waals surface area (Å²) in [5.74, 6) is -1.32. The summed E-state index contributed by atoms with van der Waals surface area (Å²) in [6.45, 7) is 8.90. The number of nitrogens with one attached hydrogen (secondary N) is 2. The van der Waals surface area contributed by atoms with E-state index in [9.17, 15) is 33.1 Å². The van der Waals surface area contributed by atoms with Gasteiger partial charge in [-0.15, -0.1) is 22.7 Å². The van der Waals surface area contributed by atoms with Crippen molar-refractivity contribution in [2.45, 2.75) is 64.7 Å². The average Bonchev–Trinajstić information content (AvgIpc) is 4.35. The van der Waals surface area contributed by atoms with Crippen LogP contribution in [0.1, 0.15) is 73.8 Å². The Balaban J connectivity index is 0.000000212. The zero-order chi connectivity index (χ0) is 54.8. The largest absolute Gasteiger partial charge is 0.463 e. The quantitative estimate of drug-likeness (QED) is 0.0507. The minimum atomic E-state index is -0.901. The van der Waals surface area contributed by atoms with Crippen LogP contribution in [0.2, 0.25) is 10.0 Å². The third kappa shape index (κ3) is 14.3. The summed E-state index contributed by atoms with van der Waals surface area (Å²) in [7, 11) is 0. The Morgan fingerprint density at radius 1 is 0.734 bits per heavy atom. The first-order chi connectivity index (χ1) is 37.3. The number of amidine groups is 2. The SMILES string of the molecule is C.CCOC(=O)C1=C(CBr)NC(c2nccs2)=N[C@H]1c1cccc(F)c1Cl.CCOC(=O)C1=C(CN2CCN3C(=O)N(CCO)CC3C2)NC(c2nccs2)=N[C@H]1c1cccc(F)c1Cl.O=C1N(CCO)CC2CCCCN12.[CH3-]. The van der Waals surface area contributed by atoms with Gasteiger partial charge in [0.15, 0.2) is 21.7 Å². The number of benzene rings is 2. The number of ether oxygens (including phenoxy) is 2. The van der Waals surface area contributed by atoms with Gasteiger partial charge in [-0.05, 0) is 45.2 Å². The monoisotopic (exact) mass is 1230 g/mol. The van der Waals surface area contributed by atoms with Crippen LogP contribution >= 0.6 is 61.8 Å². The van der Waals surface area contributed by atoms with Crippen LogP contribution in [0.25, 0.3) is 0 Å². The number of aromatic nitrogens is 2. The van der Waals surface area contributed by atoms with Crippen molar-refractivity contribution in [1.82, 2.24) is 45.1 Å². The van der Waals surface area contributed by atoms with E-state index in [1.54, 1.807) is 48.2 Å². The third-order valence-electron chi connectivity index (χ3n) is 13.4. The fraction of sp³-hybridized carbons (Fsp3) is 0.453. The highest BCUT2D eigenvalue weighted by Gasteiger charge is 2.42. The zero-order valence-corrected chi connectivity index (χ0v) is 47.9.